The molecule has 0 aliphatic heterocycles. The van der Waals surface area contributed by atoms with Gasteiger partial charge in [0.15, 0.2) is 0 Å². The first-order valence-corrected chi connectivity index (χ1v) is 7.34. The molecule has 3 rings (SSSR count). The van der Waals surface area contributed by atoms with Gasteiger partial charge in [0.25, 0.3) is 5.19 Å². The van der Waals surface area contributed by atoms with Crippen molar-refractivity contribution in [3.63, 3.8) is 0 Å². The van der Waals surface area contributed by atoms with Crippen molar-refractivity contribution in [1.29, 1.82) is 0 Å². The number of aromatic nitrogens is 2. The molecule has 0 amide bonds. The molecule has 1 aliphatic rings. The average molecular weight is 275 g/mol. The summed E-state index contributed by atoms with van der Waals surface area (Å²) in [6.45, 7) is 4.92. The summed E-state index contributed by atoms with van der Waals surface area (Å²) >= 11 is 1.51. The van der Waals surface area contributed by atoms with Crippen molar-refractivity contribution in [2.45, 2.75) is 39.3 Å². The highest BCUT2D eigenvalue weighted by Crippen LogP contribution is 2.29. The first-order chi connectivity index (χ1) is 9.22. The third-order valence-corrected chi connectivity index (χ3v) is 4.12. The Kier molecular flexibility index (Phi) is 3.48. The van der Waals surface area contributed by atoms with Crippen LogP contribution in [0.15, 0.2) is 18.2 Å². The molecule has 0 saturated heterocycles. The maximum Gasteiger partial charge on any atom is 0.299 e. The van der Waals surface area contributed by atoms with Crippen LogP contribution in [-0.4, -0.2) is 16.2 Å². The molecule has 1 N–H and O–H groups in total. The van der Waals surface area contributed by atoms with E-state index in [-0.39, 0.29) is 0 Å². The number of ether oxygens (including phenoxy) is 1. The molecule has 4 nitrogen and oxygen atoms in total. The van der Waals surface area contributed by atoms with E-state index in [9.17, 15) is 0 Å². The summed E-state index contributed by atoms with van der Waals surface area (Å²) in [7, 11) is 0. The SMILES string of the molecule is Cc1cccc(Oc2nnc(CNC3CC3)s2)c1C. The van der Waals surface area contributed by atoms with Crippen molar-refractivity contribution in [2.75, 3.05) is 0 Å². The Morgan fingerprint density at radius 1 is 1.32 bits per heavy atom. The van der Waals surface area contributed by atoms with E-state index in [0.717, 1.165) is 22.9 Å². The summed E-state index contributed by atoms with van der Waals surface area (Å²) in [6, 6.07) is 6.72. The highest BCUT2D eigenvalue weighted by molar-refractivity contribution is 7.13. The zero-order chi connectivity index (χ0) is 13.2. The van der Waals surface area contributed by atoms with E-state index in [1.54, 1.807) is 0 Å². The van der Waals surface area contributed by atoms with Crippen molar-refractivity contribution < 1.29 is 4.74 Å². The minimum atomic E-state index is 0.612. The molecular weight excluding hydrogens is 258 g/mol. The third kappa shape index (κ3) is 3.11. The quantitative estimate of drug-likeness (QED) is 0.910. The Morgan fingerprint density at radius 3 is 2.95 bits per heavy atom. The molecule has 1 heterocycles. The van der Waals surface area contributed by atoms with Crippen LogP contribution in [0.4, 0.5) is 0 Å². The van der Waals surface area contributed by atoms with Gasteiger partial charge in [0, 0.05) is 6.04 Å². The minimum Gasteiger partial charge on any atom is -0.430 e. The molecule has 1 aromatic heterocycles. The topological polar surface area (TPSA) is 47.0 Å². The molecule has 100 valence electrons. The Morgan fingerprint density at radius 2 is 2.16 bits per heavy atom. The van der Waals surface area contributed by atoms with Gasteiger partial charge in [-0.3, -0.25) is 0 Å². The average Bonchev–Trinajstić information content (AvgIpc) is 3.13. The molecule has 1 aliphatic carbocycles. The highest BCUT2D eigenvalue weighted by atomic mass is 32.1. The molecule has 5 heteroatoms. The van der Waals surface area contributed by atoms with E-state index < -0.39 is 0 Å². The van der Waals surface area contributed by atoms with Crippen molar-refractivity contribution >= 4 is 11.3 Å². The standard InChI is InChI=1S/C14H17N3OS/c1-9-4-3-5-12(10(9)2)18-14-17-16-13(19-14)8-15-11-6-7-11/h3-5,11,15H,6-8H2,1-2H3. The Hall–Kier alpha value is -1.46. The van der Waals surface area contributed by atoms with Crippen LogP contribution in [0.5, 0.6) is 10.9 Å². The summed E-state index contributed by atoms with van der Waals surface area (Å²) in [5.74, 6) is 0.859. The van der Waals surface area contributed by atoms with Gasteiger partial charge in [-0.2, -0.15) is 0 Å². The molecule has 0 spiro atoms. The van der Waals surface area contributed by atoms with E-state index in [2.05, 4.69) is 35.4 Å². The number of benzene rings is 1. The van der Waals surface area contributed by atoms with Crippen molar-refractivity contribution in [1.82, 2.24) is 15.5 Å². The predicted octanol–water partition coefficient (Wildman–Crippen LogP) is 3.20. The molecule has 0 bridgehead atoms. The molecule has 1 fully saturated rings. The lowest BCUT2D eigenvalue weighted by Crippen LogP contribution is -2.14. The van der Waals surface area contributed by atoms with Gasteiger partial charge in [0.05, 0.1) is 6.54 Å². The van der Waals surface area contributed by atoms with Gasteiger partial charge in [-0.25, -0.2) is 0 Å². The fourth-order valence-electron chi connectivity index (χ4n) is 1.80. The zero-order valence-electron chi connectivity index (χ0n) is 11.1. The van der Waals surface area contributed by atoms with Crippen LogP contribution in [-0.2, 0) is 6.54 Å². The van der Waals surface area contributed by atoms with Gasteiger partial charge in [-0.15, -0.1) is 5.10 Å². The minimum absolute atomic E-state index is 0.612. The molecule has 0 radical (unpaired) electrons. The number of aryl methyl sites for hydroxylation is 1. The normalized spacial score (nSPS) is 14.6. The van der Waals surface area contributed by atoms with Crippen LogP contribution in [0, 0.1) is 13.8 Å². The summed E-state index contributed by atoms with van der Waals surface area (Å²) in [6.07, 6.45) is 2.56. The maximum atomic E-state index is 5.81. The van der Waals surface area contributed by atoms with Crippen molar-refractivity contribution in [3.05, 3.63) is 34.3 Å². The number of hydrogen-bond donors (Lipinski definition) is 1. The highest BCUT2D eigenvalue weighted by Gasteiger charge is 2.20. The molecule has 2 aromatic rings. The number of nitrogens with zero attached hydrogens (tertiary/aromatic N) is 2. The number of rotatable bonds is 5. The third-order valence-electron chi connectivity index (χ3n) is 3.32. The first kappa shape index (κ1) is 12.6. The Labute approximate surface area is 116 Å². The Balaban J connectivity index is 1.67. The van der Waals surface area contributed by atoms with Crippen LogP contribution < -0.4 is 10.1 Å². The second-order valence-corrected chi connectivity index (χ2v) is 5.94. The lowest BCUT2D eigenvalue weighted by atomic mass is 10.1. The molecule has 0 unspecified atom stereocenters. The van der Waals surface area contributed by atoms with Gasteiger partial charge in [-0.05, 0) is 43.9 Å². The number of hydrogen-bond acceptors (Lipinski definition) is 5. The maximum absolute atomic E-state index is 5.81. The summed E-state index contributed by atoms with van der Waals surface area (Å²) in [5, 5.41) is 13.2. The molecule has 0 atom stereocenters. The van der Waals surface area contributed by atoms with Gasteiger partial charge >= 0.3 is 0 Å². The van der Waals surface area contributed by atoms with Gasteiger partial charge < -0.3 is 10.1 Å². The molecule has 19 heavy (non-hydrogen) atoms. The van der Waals surface area contributed by atoms with E-state index in [0.29, 0.717) is 11.2 Å². The first-order valence-electron chi connectivity index (χ1n) is 6.52. The second-order valence-electron chi connectivity index (χ2n) is 4.92. The van der Waals surface area contributed by atoms with E-state index in [1.807, 2.05) is 12.1 Å². The van der Waals surface area contributed by atoms with Crippen LogP contribution in [0.3, 0.4) is 0 Å². The van der Waals surface area contributed by atoms with E-state index in [4.69, 9.17) is 4.74 Å². The number of nitrogens with one attached hydrogen (secondary N) is 1. The van der Waals surface area contributed by atoms with E-state index >= 15 is 0 Å². The van der Waals surface area contributed by atoms with Crippen molar-refractivity contribution in [2.24, 2.45) is 0 Å². The zero-order valence-corrected chi connectivity index (χ0v) is 12.0. The van der Waals surface area contributed by atoms with Gasteiger partial charge in [0.2, 0.25) is 0 Å². The lowest BCUT2D eigenvalue weighted by molar-refractivity contribution is 0.469. The van der Waals surface area contributed by atoms with Crippen LogP contribution in [0.1, 0.15) is 29.0 Å². The van der Waals surface area contributed by atoms with Crippen molar-refractivity contribution in [3.8, 4) is 10.9 Å². The van der Waals surface area contributed by atoms with E-state index in [1.165, 1.54) is 29.7 Å². The fraction of sp³-hybridized carbons (Fsp3) is 0.429. The summed E-state index contributed by atoms with van der Waals surface area (Å²) in [4.78, 5) is 0. The largest absolute Gasteiger partial charge is 0.430 e. The van der Waals surface area contributed by atoms with Crippen LogP contribution in [0.2, 0.25) is 0 Å². The lowest BCUT2D eigenvalue weighted by Gasteiger charge is -2.06. The van der Waals surface area contributed by atoms with Crippen LogP contribution in [0.25, 0.3) is 0 Å². The van der Waals surface area contributed by atoms with Gasteiger partial charge in [0.1, 0.15) is 10.8 Å². The molecule has 1 aromatic carbocycles. The summed E-state index contributed by atoms with van der Waals surface area (Å²) < 4.78 is 5.81. The smallest absolute Gasteiger partial charge is 0.299 e. The molecular formula is C14H17N3OS. The second kappa shape index (κ2) is 5.27. The monoisotopic (exact) mass is 275 g/mol. The summed E-state index contributed by atoms with van der Waals surface area (Å²) in [5.41, 5.74) is 2.37. The van der Waals surface area contributed by atoms with Gasteiger partial charge in [-0.1, -0.05) is 28.6 Å². The molecule has 1 saturated carbocycles. The van der Waals surface area contributed by atoms with Crippen LogP contribution >= 0.6 is 11.3 Å². The fourth-order valence-corrected chi connectivity index (χ4v) is 2.45. The predicted molar refractivity (Wildman–Crippen MR) is 75.8 cm³/mol. The Bertz CT molecular complexity index is 578.